The van der Waals surface area contributed by atoms with Crippen LogP contribution < -0.4 is 0 Å². The van der Waals surface area contributed by atoms with Crippen LogP contribution in [-0.2, 0) is 6.42 Å². The van der Waals surface area contributed by atoms with Crippen molar-refractivity contribution in [2.45, 2.75) is 25.7 Å². The van der Waals surface area contributed by atoms with Crippen LogP contribution in [0.4, 0.5) is 17.6 Å². The number of hydrogen-bond acceptors (Lipinski definition) is 0. The first-order chi connectivity index (χ1) is 7.56. The third kappa shape index (κ3) is 3.47. The van der Waals surface area contributed by atoms with Crippen LogP contribution in [0.5, 0.6) is 0 Å². The van der Waals surface area contributed by atoms with Gasteiger partial charge in [-0.2, -0.15) is 0 Å². The summed E-state index contributed by atoms with van der Waals surface area (Å²) in [6.45, 7) is 0. The van der Waals surface area contributed by atoms with Gasteiger partial charge >= 0.3 is 0 Å². The second kappa shape index (κ2) is 6.23. The van der Waals surface area contributed by atoms with Crippen LogP contribution in [0.2, 0.25) is 0 Å². The molecule has 0 aliphatic rings. The standard InChI is InChI=1S/C11H11BrF4/c12-5-1-2-7-3-4-8(10(13)14)6-9(7)11(15)16/h3-4,6,10-11H,1-2,5H2. The average molecular weight is 299 g/mol. The molecule has 90 valence electrons. The van der Waals surface area contributed by atoms with Crippen molar-refractivity contribution in [2.24, 2.45) is 0 Å². The molecule has 0 aromatic heterocycles. The van der Waals surface area contributed by atoms with Gasteiger partial charge in [0.25, 0.3) is 12.9 Å². The zero-order valence-electron chi connectivity index (χ0n) is 8.40. The van der Waals surface area contributed by atoms with Gasteiger partial charge in [0.15, 0.2) is 0 Å². The van der Waals surface area contributed by atoms with E-state index in [1.807, 2.05) is 0 Å². The van der Waals surface area contributed by atoms with Gasteiger partial charge in [0.05, 0.1) is 0 Å². The Kier molecular flexibility index (Phi) is 5.25. The molecule has 16 heavy (non-hydrogen) atoms. The fourth-order valence-electron chi connectivity index (χ4n) is 1.44. The summed E-state index contributed by atoms with van der Waals surface area (Å²) < 4.78 is 50.0. The van der Waals surface area contributed by atoms with Crippen molar-refractivity contribution in [3.8, 4) is 0 Å². The summed E-state index contributed by atoms with van der Waals surface area (Å²) in [5.74, 6) is 0. The minimum atomic E-state index is -2.71. The normalized spacial score (nSPS) is 11.4. The van der Waals surface area contributed by atoms with Gasteiger partial charge in [-0.3, -0.25) is 0 Å². The molecule has 1 rings (SSSR count). The summed E-state index contributed by atoms with van der Waals surface area (Å²) in [7, 11) is 0. The summed E-state index contributed by atoms with van der Waals surface area (Å²) >= 11 is 3.20. The van der Waals surface area contributed by atoms with Gasteiger partial charge in [-0.1, -0.05) is 28.1 Å². The summed E-state index contributed by atoms with van der Waals surface area (Å²) in [5.41, 5.74) is -0.185. The Bertz CT molecular complexity index is 339. The Morgan fingerprint density at radius 3 is 2.25 bits per heavy atom. The minimum Gasteiger partial charge on any atom is -0.205 e. The fraction of sp³-hybridized carbons (Fsp3) is 0.455. The zero-order valence-corrected chi connectivity index (χ0v) is 9.98. The van der Waals surface area contributed by atoms with E-state index in [9.17, 15) is 17.6 Å². The highest BCUT2D eigenvalue weighted by Crippen LogP contribution is 2.29. The first kappa shape index (κ1) is 13.5. The lowest BCUT2D eigenvalue weighted by atomic mass is 10.0. The van der Waals surface area contributed by atoms with E-state index in [0.29, 0.717) is 23.7 Å². The molecule has 0 radical (unpaired) electrons. The Balaban J connectivity index is 2.99. The number of aryl methyl sites for hydroxylation is 1. The van der Waals surface area contributed by atoms with Crippen LogP contribution in [-0.4, -0.2) is 5.33 Å². The summed E-state index contributed by atoms with van der Waals surface area (Å²) in [6.07, 6.45) is -4.24. The Labute approximate surface area is 99.8 Å². The number of rotatable bonds is 5. The van der Waals surface area contributed by atoms with Gasteiger partial charge in [0, 0.05) is 16.5 Å². The second-order valence-corrected chi connectivity index (χ2v) is 4.15. The van der Waals surface area contributed by atoms with Crippen LogP contribution in [0.1, 0.15) is 36.0 Å². The molecule has 0 atom stereocenters. The molecule has 0 fully saturated rings. The lowest BCUT2D eigenvalue weighted by Gasteiger charge is -2.10. The molecule has 0 aliphatic carbocycles. The first-order valence-corrected chi connectivity index (χ1v) is 5.93. The van der Waals surface area contributed by atoms with E-state index in [4.69, 9.17) is 0 Å². The van der Waals surface area contributed by atoms with Crippen molar-refractivity contribution < 1.29 is 17.6 Å². The predicted molar refractivity (Wildman–Crippen MR) is 58.5 cm³/mol. The summed E-state index contributed by atoms with van der Waals surface area (Å²) in [4.78, 5) is 0. The molecule has 1 aromatic carbocycles. The van der Waals surface area contributed by atoms with Crippen molar-refractivity contribution in [3.05, 3.63) is 34.9 Å². The molecule has 0 unspecified atom stereocenters. The molecule has 0 aliphatic heterocycles. The van der Waals surface area contributed by atoms with Crippen LogP contribution in [0, 0.1) is 0 Å². The van der Waals surface area contributed by atoms with Gasteiger partial charge in [-0.05, 0) is 24.5 Å². The lowest BCUT2D eigenvalue weighted by Crippen LogP contribution is -1.98. The van der Waals surface area contributed by atoms with Crippen molar-refractivity contribution in [1.29, 1.82) is 0 Å². The molecule has 0 saturated carbocycles. The molecular formula is C11H11BrF4. The molecule has 0 N–H and O–H groups in total. The van der Waals surface area contributed by atoms with Crippen LogP contribution in [0.15, 0.2) is 18.2 Å². The van der Waals surface area contributed by atoms with Gasteiger partial charge in [0.2, 0.25) is 0 Å². The van der Waals surface area contributed by atoms with E-state index >= 15 is 0 Å². The molecule has 0 heterocycles. The van der Waals surface area contributed by atoms with E-state index in [0.717, 1.165) is 6.07 Å². The fourth-order valence-corrected chi connectivity index (χ4v) is 1.72. The second-order valence-electron chi connectivity index (χ2n) is 3.35. The number of halogens is 5. The lowest BCUT2D eigenvalue weighted by molar-refractivity contribution is 0.143. The van der Waals surface area contributed by atoms with E-state index in [-0.39, 0.29) is 11.1 Å². The van der Waals surface area contributed by atoms with Gasteiger partial charge in [0.1, 0.15) is 0 Å². The molecule has 5 heteroatoms. The van der Waals surface area contributed by atoms with Crippen LogP contribution in [0.3, 0.4) is 0 Å². The summed E-state index contributed by atoms with van der Waals surface area (Å²) in [5, 5.41) is 0.701. The van der Waals surface area contributed by atoms with Gasteiger partial charge in [-0.15, -0.1) is 0 Å². The smallest absolute Gasteiger partial charge is 0.205 e. The number of benzene rings is 1. The molecule has 1 aromatic rings. The van der Waals surface area contributed by atoms with E-state index in [1.54, 1.807) is 0 Å². The van der Waals surface area contributed by atoms with E-state index in [2.05, 4.69) is 15.9 Å². The largest absolute Gasteiger partial charge is 0.264 e. The predicted octanol–water partition coefficient (Wildman–Crippen LogP) is 4.89. The third-order valence-electron chi connectivity index (χ3n) is 2.24. The highest BCUT2D eigenvalue weighted by Gasteiger charge is 2.16. The van der Waals surface area contributed by atoms with E-state index in [1.165, 1.54) is 12.1 Å². The van der Waals surface area contributed by atoms with Crippen molar-refractivity contribution in [3.63, 3.8) is 0 Å². The number of hydrogen-bond donors (Lipinski definition) is 0. The third-order valence-corrected chi connectivity index (χ3v) is 2.80. The quantitative estimate of drug-likeness (QED) is 0.536. The topological polar surface area (TPSA) is 0 Å². The Morgan fingerprint density at radius 2 is 1.75 bits per heavy atom. The summed E-state index contributed by atoms with van der Waals surface area (Å²) in [6, 6.07) is 3.48. The van der Waals surface area contributed by atoms with Crippen LogP contribution >= 0.6 is 15.9 Å². The molecular weight excluding hydrogens is 288 g/mol. The van der Waals surface area contributed by atoms with Crippen molar-refractivity contribution in [2.75, 3.05) is 5.33 Å². The first-order valence-electron chi connectivity index (χ1n) is 4.81. The van der Waals surface area contributed by atoms with Crippen molar-refractivity contribution in [1.82, 2.24) is 0 Å². The maximum atomic E-state index is 12.6. The molecule has 0 amide bonds. The molecule has 0 spiro atoms. The SMILES string of the molecule is FC(F)c1ccc(CCCBr)c(C(F)F)c1. The number of alkyl halides is 5. The van der Waals surface area contributed by atoms with Gasteiger partial charge in [-0.25, -0.2) is 17.6 Å². The monoisotopic (exact) mass is 298 g/mol. The van der Waals surface area contributed by atoms with Crippen LogP contribution in [0.25, 0.3) is 0 Å². The minimum absolute atomic E-state index is 0.279. The molecule has 0 bridgehead atoms. The maximum Gasteiger partial charge on any atom is 0.264 e. The molecule has 0 nitrogen and oxygen atoms in total. The van der Waals surface area contributed by atoms with E-state index < -0.39 is 12.9 Å². The highest BCUT2D eigenvalue weighted by molar-refractivity contribution is 9.09. The molecule has 0 saturated heterocycles. The van der Waals surface area contributed by atoms with Gasteiger partial charge < -0.3 is 0 Å². The highest BCUT2D eigenvalue weighted by atomic mass is 79.9. The maximum absolute atomic E-state index is 12.6. The average Bonchev–Trinajstić information content (AvgIpc) is 2.25. The van der Waals surface area contributed by atoms with Crippen molar-refractivity contribution >= 4 is 15.9 Å². The Hall–Kier alpha value is -0.580. The Morgan fingerprint density at radius 1 is 1.06 bits per heavy atom. The zero-order chi connectivity index (χ0) is 12.1.